The van der Waals surface area contributed by atoms with Crippen LogP contribution in [0.5, 0.6) is 0 Å². The van der Waals surface area contributed by atoms with Crippen LogP contribution in [0.25, 0.3) is 11.5 Å². The number of sulfonamides is 1. The van der Waals surface area contributed by atoms with Crippen molar-refractivity contribution < 1.29 is 12.8 Å². The van der Waals surface area contributed by atoms with Crippen molar-refractivity contribution in [3.05, 3.63) is 72.1 Å². The third-order valence-electron chi connectivity index (χ3n) is 3.54. The molecule has 0 saturated carbocycles. The summed E-state index contributed by atoms with van der Waals surface area (Å²) >= 11 is 0. The van der Waals surface area contributed by atoms with E-state index < -0.39 is 10.0 Å². The minimum Gasteiger partial charge on any atom is -0.444 e. The van der Waals surface area contributed by atoms with Gasteiger partial charge < -0.3 is 4.42 Å². The van der Waals surface area contributed by atoms with Gasteiger partial charge >= 0.3 is 0 Å². The van der Waals surface area contributed by atoms with Crippen molar-refractivity contribution >= 4 is 15.7 Å². The van der Waals surface area contributed by atoms with Gasteiger partial charge in [0.05, 0.1) is 30.1 Å². The predicted octanol–water partition coefficient (Wildman–Crippen LogP) is 3.18. The summed E-state index contributed by atoms with van der Waals surface area (Å²) in [6.07, 6.45) is 2.55. The molecule has 0 spiro atoms. The molecule has 0 aliphatic carbocycles. The molecule has 1 aromatic heterocycles. The predicted molar refractivity (Wildman–Crippen MR) is 94.1 cm³/mol. The largest absolute Gasteiger partial charge is 0.444 e. The zero-order valence-corrected chi connectivity index (χ0v) is 14.3. The number of nitriles is 1. The molecule has 0 N–H and O–H groups in total. The zero-order valence-electron chi connectivity index (χ0n) is 13.5. The number of anilines is 1. The Morgan fingerprint density at radius 1 is 1.16 bits per heavy atom. The summed E-state index contributed by atoms with van der Waals surface area (Å²) < 4.78 is 31.0. The van der Waals surface area contributed by atoms with E-state index in [4.69, 9.17) is 9.68 Å². The number of hydrogen-bond donors (Lipinski definition) is 0. The number of rotatable bonds is 5. The Morgan fingerprint density at radius 3 is 2.60 bits per heavy atom. The van der Waals surface area contributed by atoms with Crippen molar-refractivity contribution in [2.45, 2.75) is 6.54 Å². The molecule has 1 heterocycles. The summed E-state index contributed by atoms with van der Waals surface area (Å²) in [4.78, 5) is 4.36. The van der Waals surface area contributed by atoms with E-state index >= 15 is 0 Å². The van der Waals surface area contributed by atoms with Crippen molar-refractivity contribution in [2.24, 2.45) is 0 Å². The quantitative estimate of drug-likeness (QED) is 0.703. The molecule has 0 amide bonds. The van der Waals surface area contributed by atoms with Crippen molar-refractivity contribution in [3.8, 4) is 17.5 Å². The first-order valence-corrected chi connectivity index (χ1v) is 9.30. The van der Waals surface area contributed by atoms with Crippen LogP contribution in [0.4, 0.5) is 5.69 Å². The minimum absolute atomic E-state index is 0.0179. The molecule has 0 unspecified atom stereocenters. The molecule has 0 atom stereocenters. The van der Waals surface area contributed by atoms with E-state index in [-0.39, 0.29) is 6.54 Å². The topological polar surface area (TPSA) is 87.2 Å². The maximum Gasteiger partial charge on any atom is 0.232 e. The molecular weight excluding hydrogens is 338 g/mol. The SMILES string of the molecule is CS(=O)(=O)N(Cc1coc(-c2ccccc2)n1)c1cccc(C#N)c1. The molecule has 3 aromatic rings. The Balaban J connectivity index is 1.92. The van der Waals surface area contributed by atoms with Crippen LogP contribution in [0.3, 0.4) is 0 Å². The Hall–Kier alpha value is -3.11. The van der Waals surface area contributed by atoms with Gasteiger partial charge in [-0.2, -0.15) is 5.26 Å². The Bertz CT molecular complexity index is 1020. The van der Waals surface area contributed by atoms with Gasteiger partial charge in [0.15, 0.2) is 0 Å². The zero-order chi connectivity index (χ0) is 17.9. The lowest BCUT2D eigenvalue weighted by Gasteiger charge is -2.21. The molecule has 3 rings (SSSR count). The maximum absolute atomic E-state index is 12.2. The van der Waals surface area contributed by atoms with Crippen LogP contribution in [0.2, 0.25) is 0 Å². The average molecular weight is 353 g/mol. The van der Waals surface area contributed by atoms with Crippen LogP contribution in [0.15, 0.2) is 65.3 Å². The van der Waals surface area contributed by atoms with Gasteiger partial charge in [0.25, 0.3) is 0 Å². The number of benzene rings is 2. The number of oxazole rings is 1. The Kier molecular flexibility index (Phi) is 4.55. The van der Waals surface area contributed by atoms with E-state index in [9.17, 15) is 8.42 Å². The second-order valence-electron chi connectivity index (χ2n) is 5.44. The van der Waals surface area contributed by atoms with Crippen LogP contribution in [0, 0.1) is 11.3 Å². The molecule has 0 radical (unpaired) electrons. The molecule has 0 fully saturated rings. The van der Waals surface area contributed by atoms with Crippen molar-refractivity contribution in [3.63, 3.8) is 0 Å². The maximum atomic E-state index is 12.2. The summed E-state index contributed by atoms with van der Waals surface area (Å²) in [6.45, 7) is 0.0179. The average Bonchev–Trinajstić information content (AvgIpc) is 3.08. The van der Waals surface area contributed by atoms with E-state index in [1.54, 1.807) is 18.2 Å². The second-order valence-corrected chi connectivity index (χ2v) is 7.35. The third kappa shape index (κ3) is 3.87. The summed E-state index contributed by atoms with van der Waals surface area (Å²) in [5.74, 6) is 0.426. The fourth-order valence-electron chi connectivity index (χ4n) is 2.37. The Morgan fingerprint density at radius 2 is 1.92 bits per heavy atom. The molecule has 0 aliphatic heterocycles. The van der Waals surface area contributed by atoms with E-state index in [0.717, 1.165) is 11.8 Å². The van der Waals surface area contributed by atoms with Gasteiger partial charge in [-0.05, 0) is 30.3 Å². The summed E-state index contributed by atoms with van der Waals surface area (Å²) in [5.41, 5.74) is 2.08. The fourth-order valence-corrected chi connectivity index (χ4v) is 3.23. The molecule has 2 aromatic carbocycles. The second kappa shape index (κ2) is 6.79. The van der Waals surface area contributed by atoms with Gasteiger partial charge in [-0.3, -0.25) is 4.31 Å². The van der Waals surface area contributed by atoms with E-state index in [1.165, 1.54) is 16.6 Å². The monoisotopic (exact) mass is 353 g/mol. The first-order chi connectivity index (χ1) is 12.0. The van der Waals surface area contributed by atoms with Crippen LogP contribution in [-0.4, -0.2) is 19.7 Å². The molecule has 126 valence electrons. The van der Waals surface area contributed by atoms with Crippen LogP contribution >= 0.6 is 0 Å². The van der Waals surface area contributed by atoms with Crippen molar-refractivity contribution in [1.82, 2.24) is 4.98 Å². The summed E-state index contributed by atoms with van der Waals surface area (Å²) in [5, 5.41) is 9.02. The molecule has 0 bridgehead atoms. The van der Waals surface area contributed by atoms with Crippen LogP contribution < -0.4 is 4.31 Å². The smallest absolute Gasteiger partial charge is 0.232 e. The van der Waals surface area contributed by atoms with Gasteiger partial charge in [-0.25, -0.2) is 13.4 Å². The van der Waals surface area contributed by atoms with Gasteiger partial charge in [0.2, 0.25) is 15.9 Å². The summed E-state index contributed by atoms with van der Waals surface area (Å²) in [7, 11) is -3.55. The standard InChI is InChI=1S/C18H15N3O3S/c1-25(22,23)21(17-9-5-6-14(10-17)11-19)12-16-13-24-18(20-16)15-7-3-2-4-8-15/h2-10,13H,12H2,1H3. The first-order valence-electron chi connectivity index (χ1n) is 7.45. The van der Waals surface area contributed by atoms with E-state index in [1.807, 2.05) is 36.4 Å². The highest BCUT2D eigenvalue weighted by atomic mass is 32.2. The summed E-state index contributed by atoms with van der Waals surface area (Å²) in [6, 6.07) is 17.8. The van der Waals surface area contributed by atoms with Crippen LogP contribution in [0.1, 0.15) is 11.3 Å². The van der Waals surface area contributed by atoms with Gasteiger partial charge in [0.1, 0.15) is 12.0 Å². The Labute approximate surface area is 146 Å². The van der Waals surface area contributed by atoms with E-state index in [0.29, 0.717) is 22.8 Å². The van der Waals surface area contributed by atoms with Gasteiger partial charge in [0, 0.05) is 5.56 Å². The third-order valence-corrected chi connectivity index (χ3v) is 4.68. The lowest BCUT2D eigenvalue weighted by atomic mass is 10.2. The molecule has 6 nitrogen and oxygen atoms in total. The molecule has 0 aliphatic rings. The normalized spacial score (nSPS) is 11.0. The highest BCUT2D eigenvalue weighted by molar-refractivity contribution is 7.92. The lowest BCUT2D eigenvalue weighted by molar-refractivity contribution is 0.572. The fraction of sp³-hybridized carbons (Fsp3) is 0.111. The lowest BCUT2D eigenvalue weighted by Crippen LogP contribution is -2.29. The van der Waals surface area contributed by atoms with Crippen molar-refractivity contribution in [1.29, 1.82) is 5.26 Å². The highest BCUT2D eigenvalue weighted by Gasteiger charge is 2.20. The molecule has 25 heavy (non-hydrogen) atoms. The minimum atomic E-state index is -3.55. The van der Waals surface area contributed by atoms with Crippen molar-refractivity contribution in [2.75, 3.05) is 10.6 Å². The van der Waals surface area contributed by atoms with Gasteiger partial charge in [-0.15, -0.1) is 0 Å². The van der Waals surface area contributed by atoms with E-state index in [2.05, 4.69) is 4.98 Å². The van der Waals surface area contributed by atoms with Gasteiger partial charge in [-0.1, -0.05) is 24.3 Å². The van der Waals surface area contributed by atoms with Crippen LogP contribution in [-0.2, 0) is 16.6 Å². The molecular formula is C18H15N3O3S. The number of aromatic nitrogens is 1. The molecule has 0 saturated heterocycles. The highest BCUT2D eigenvalue weighted by Crippen LogP contribution is 2.23. The number of nitrogens with zero attached hydrogens (tertiary/aromatic N) is 3. The number of hydrogen-bond acceptors (Lipinski definition) is 5. The molecule has 7 heteroatoms. The first kappa shape index (κ1) is 16.7.